The molecule has 0 fully saturated rings. The molecule has 0 aliphatic heterocycles. The van der Waals surface area contributed by atoms with Gasteiger partial charge in [0.1, 0.15) is 0 Å². The van der Waals surface area contributed by atoms with E-state index in [-0.39, 0.29) is 16.4 Å². The second kappa shape index (κ2) is 4.45. The largest absolute Gasteiger partial charge is 0.454 e. The van der Waals surface area contributed by atoms with Gasteiger partial charge in [0, 0.05) is 0 Å². The van der Waals surface area contributed by atoms with Crippen LogP contribution in [-0.2, 0) is 10.7 Å². The van der Waals surface area contributed by atoms with Crippen molar-refractivity contribution in [3.05, 3.63) is 29.8 Å². The Morgan fingerprint density at radius 2 is 2.18 bits per heavy atom. The Hall–Kier alpha value is -0.426. The fraction of sp³-hybridized carbons (Fsp3) is 0.143. The van der Waals surface area contributed by atoms with Crippen molar-refractivity contribution in [2.75, 3.05) is 0 Å². The molecule has 1 N–H and O–H groups in total. The van der Waals surface area contributed by atoms with Crippen LogP contribution >= 0.6 is 0 Å². The van der Waals surface area contributed by atoms with Crippen molar-refractivity contribution in [3.63, 3.8) is 0 Å². The Morgan fingerprint density at radius 3 is 2.82 bits per heavy atom. The highest BCUT2D eigenvalue weighted by molar-refractivity contribution is 6.51. The van der Waals surface area contributed by atoms with Gasteiger partial charge in [-0.3, -0.25) is 0 Å². The molecule has 4 heteroatoms. The lowest BCUT2D eigenvalue weighted by atomic mass is 10.2. The molecule has 0 atom stereocenters. The first-order valence-electron chi connectivity index (χ1n) is 3.16. The zero-order valence-electron chi connectivity index (χ0n) is 5.87. The third kappa shape index (κ3) is 2.26. The smallest absolute Gasteiger partial charge is 0.256 e. The van der Waals surface area contributed by atoms with Gasteiger partial charge in [-0.15, -0.1) is 0 Å². The molecular weight excluding hydrogens is 172 g/mol. The van der Waals surface area contributed by atoms with Crippen LogP contribution in [0.2, 0.25) is 0 Å². The molecule has 2 nitrogen and oxygen atoms in total. The summed E-state index contributed by atoms with van der Waals surface area (Å²) in [5, 5.41) is 9.91. The maximum Gasteiger partial charge on any atom is 0.256 e. The molecule has 1 rings (SSSR count). The van der Waals surface area contributed by atoms with E-state index < -0.39 is 0 Å². The van der Waals surface area contributed by atoms with Crippen LogP contribution in [-0.4, -0.2) is 25.4 Å². The van der Waals surface area contributed by atoms with Crippen molar-refractivity contribution in [3.8, 4) is 0 Å². The summed E-state index contributed by atoms with van der Waals surface area (Å²) in [4.78, 5) is 0. The molecule has 1 aromatic rings. The highest BCUT2D eigenvalue weighted by Gasteiger charge is 1.99. The summed E-state index contributed by atoms with van der Waals surface area (Å²) in [6, 6.07) is 7.64. The quantitative estimate of drug-likeness (QED) is 0.635. The normalized spacial score (nSPS) is 10.0. The number of hydrogen-bond acceptors (Lipinski definition) is 2. The number of rotatable bonds is 3. The number of hydrogen-bond donors (Lipinski definition) is 1. The van der Waals surface area contributed by atoms with Gasteiger partial charge in [0.15, 0.2) is 0 Å². The second-order valence-corrected chi connectivity index (χ2v) is 3.58. The first-order valence-corrected chi connectivity index (χ1v) is 4.47. The van der Waals surface area contributed by atoms with E-state index in [4.69, 9.17) is 9.22 Å². The molecule has 0 saturated heterocycles. The zero-order valence-corrected chi connectivity index (χ0v) is 7.87. The Bertz CT molecular complexity index is 227. The third-order valence-corrected chi connectivity index (χ3v) is 2.46. The van der Waals surface area contributed by atoms with Gasteiger partial charge in [0.25, 0.3) is 9.76 Å². The van der Waals surface area contributed by atoms with Crippen molar-refractivity contribution in [2.45, 2.75) is 6.61 Å². The van der Waals surface area contributed by atoms with E-state index in [1.807, 2.05) is 24.3 Å². The monoisotopic (exact) mass is 179 g/mol. The lowest BCUT2D eigenvalue weighted by Gasteiger charge is -2.02. The minimum absolute atomic E-state index is 0.0682. The van der Waals surface area contributed by atoms with Crippen LogP contribution in [0.15, 0.2) is 24.3 Å². The van der Waals surface area contributed by atoms with Crippen molar-refractivity contribution < 1.29 is 9.22 Å². The van der Waals surface area contributed by atoms with E-state index in [2.05, 4.69) is 10.5 Å². The lowest BCUT2D eigenvalue weighted by Crippen LogP contribution is -2.20. The molecule has 0 spiro atoms. The Morgan fingerprint density at radius 1 is 1.45 bits per heavy atom. The maximum absolute atomic E-state index is 8.88. The van der Waals surface area contributed by atoms with Gasteiger partial charge < -0.3 is 9.22 Å². The number of benzene rings is 1. The van der Waals surface area contributed by atoms with Crippen LogP contribution in [0, 0.1) is 0 Å². The predicted octanol–water partition coefficient (Wildman–Crippen LogP) is -0.477. The summed E-state index contributed by atoms with van der Waals surface area (Å²) in [5.74, 6) is 0. The molecule has 1 aromatic carbocycles. The molecule has 0 heterocycles. The summed E-state index contributed by atoms with van der Waals surface area (Å²) < 4.78 is 4.79. The first-order chi connectivity index (χ1) is 5.38. The Balaban J connectivity index is 2.83. The van der Waals surface area contributed by atoms with Crippen molar-refractivity contribution in [2.24, 2.45) is 0 Å². The van der Waals surface area contributed by atoms with Crippen LogP contribution < -0.4 is 5.19 Å². The van der Waals surface area contributed by atoms with Crippen LogP contribution in [0.25, 0.3) is 0 Å². The zero-order chi connectivity index (χ0) is 8.10. The molecule has 5 radical (unpaired) electrons. The minimum Gasteiger partial charge on any atom is -0.454 e. The molecule has 0 amide bonds. The fourth-order valence-electron chi connectivity index (χ4n) is 0.813. The Kier molecular flexibility index (Phi) is 3.51. The van der Waals surface area contributed by atoms with Crippen molar-refractivity contribution >= 4 is 25.4 Å². The van der Waals surface area contributed by atoms with Gasteiger partial charge in [0.2, 0.25) is 10.5 Å². The molecule has 0 bridgehead atoms. The van der Waals surface area contributed by atoms with Crippen LogP contribution in [0.4, 0.5) is 0 Å². The highest BCUT2D eigenvalue weighted by Crippen LogP contribution is 1.94. The van der Waals surface area contributed by atoms with E-state index in [0.29, 0.717) is 0 Å². The molecule has 55 valence electrons. The summed E-state index contributed by atoms with van der Waals surface area (Å²) >= 11 is 0. The van der Waals surface area contributed by atoms with Crippen LogP contribution in [0.5, 0.6) is 0 Å². The van der Waals surface area contributed by atoms with Gasteiger partial charge in [-0.1, -0.05) is 24.3 Å². The van der Waals surface area contributed by atoms with Gasteiger partial charge in [0.05, 0.1) is 6.61 Å². The molecule has 0 saturated carbocycles. The SMILES string of the molecule is OCc1ccccc1[Si]O[Si]. The van der Waals surface area contributed by atoms with Crippen molar-refractivity contribution in [1.29, 1.82) is 0 Å². The average molecular weight is 179 g/mol. The van der Waals surface area contributed by atoms with E-state index in [1.54, 1.807) is 0 Å². The standard InChI is InChI=1S/C7H7O2Si2/c8-5-6-3-1-2-4-7(6)11-9-10/h1-4,8H,5H2. The predicted molar refractivity (Wildman–Crippen MR) is 44.6 cm³/mol. The van der Waals surface area contributed by atoms with E-state index in [9.17, 15) is 0 Å². The van der Waals surface area contributed by atoms with Gasteiger partial charge in [-0.05, 0) is 10.8 Å². The Labute approximate surface area is 71.7 Å². The summed E-state index contributed by atoms with van der Waals surface area (Å²) in [6.45, 7) is 0.0682. The highest BCUT2D eigenvalue weighted by atomic mass is 28.3. The number of aliphatic hydroxyl groups excluding tert-OH is 1. The van der Waals surface area contributed by atoms with Gasteiger partial charge >= 0.3 is 0 Å². The molecule has 11 heavy (non-hydrogen) atoms. The first kappa shape index (κ1) is 8.67. The molecule has 0 aliphatic carbocycles. The summed E-state index contributed by atoms with van der Waals surface area (Å²) in [5.41, 5.74) is 0.920. The maximum atomic E-state index is 8.88. The summed E-state index contributed by atoms with van der Waals surface area (Å²) in [7, 11) is 3.17. The second-order valence-electron chi connectivity index (χ2n) is 2.02. The van der Waals surface area contributed by atoms with Gasteiger partial charge in [-0.2, -0.15) is 0 Å². The molecule has 0 unspecified atom stereocenters. The lowest BCUT2D eigenvalue weighted by molar-refractivity contribution is 0.283. The van der Waals surface area contributed by atoms with Gasteiger partial charge in [-0.25, -0.2) is 0 Å². The van der Waals surface area contributed by atoms with Crippen molar-refractivity contribution in [1.82, 2.24) is 0 Å². The van der Waals surface area contributed by atoms with Crippen LogP contribution in [0.3, 0.4) is 0 Å². The average Bonchev–Trinajstić information content (AvgIpc) is 2.06. The topological polar surface area (TPSA) is 29.5 Å². The third-order valence-electron chi connectivity index (χ3n) is 1.35. The van der Waals surface area contributed by atoms with E-state index >= 15 is 0 Å². The molecule has 0 aliphatic rings. The molecule has 0 aromatic heterocycles. The van der Waals surface area contributed by atoms with E-state index in [0.717, 1.165) is 10.8 Å². The van der Waals surface area contributed by atoms with Crippen LogP contribution in [0.1, 0.15) is 5.56 Å². The van der Waals surface area contributed by atoms with E-state index in [1.165, 1.54) is 0 Å². The molecular formula is C7H7O2Si2. The fourth-order valence-corrected chi connectivity index (χ4v) is 1.71. The minimum atomic E-state index is 0.0682. The summed E-state index contributed by atoms with van der Waals surface area (Å²) in [6.07, 6.45) is 0. The number of aliphatic hydroxyl groups is 1.